The minimum atomic E-state index is 0.860. The fourth-order valence-corrected chi connectivity index (χ4v) is 8.86. The Morgan fingerprint density at radius 3 is 1.72 bits per heavy atom. The van der Waals surface area contributed by atoms with Crippen molar-refractivity contribution in [2.75, 3.05) is 4.90 Å². The molecule has 2 heterocycles. The smallest absolute Gasteiger partial charge is 0.145 e. The van der Waals surface area contributed by atoms with Gasteiger partial charge in [-0.15, -0.1) is 0 Å². The monoisotopic (exact) mass is 742 g/mol. The molecule has 0 amide bonds. The Bertz CT molecular complexity index is 3250. The molecule has 3 heteroatoms. The topological polar surface area (TPSA) is 21.3 Å². The summed E-state index contributed by atoms with van der Waals surface area (Å²) >= 11 is 0. The van der Waals surface area contributed by atoms with E-state index in [1.165, 1.54) is 49.6 Å². The van der Waals surface area contributed by atoms with Gasteiger partial charge in [0.2, 0.25) is 0 Å². The lowest BCUT2D eigenvalue weighted by atomic mass is 9.93. The number of benzene rings is 9. The molecule has 58 heavy (non-hydrogen) atoms. The van der Waals surface area contributed by atoms with Gasteiger partial charge in [-0.05, 0) is 101 Å². The van der Waals surface area contributed by atoms with Crippen molar-refractivity contribution in [3.63, 3.8) is 0 Å². The van der Waals surface area contributed by atoms with Crippen molar-refractivity contribution in [2.24, 2.45) is 0 Å². The van der Waals surface area contributed by atoms with E-state index in [1.54, 1.807) is 0 Å². The number of anilines is 3. The molecular weight excluding hydrogens is 705 g/mol. The molecule has 3 nitrogen and oxygen atoms in total. The zero-order valence-electron chi connectivity index (χ0n) is 32.0. The molecule has 0 aliphatic rings. The average molecular weight is 743 g/mol. The van der Waals surface area contributed by atoms with E-state index in [1.807, 2.05) is 0 Å². The number of furan rings is 1. The second-order valence-corrected chi connectivity index (χ2v) is 14.9. The maximum atomic E-state index is 6.94. The third-order valence-electron chi connectivity index (χ3n) is 11.5. The van der Waals surface area contributed by atoms with Gasteiger partial charge in [-0.25, -0.2) is 0 Å². The first kappa shape index (κ1) is 33.7. The van der Waals surface area contributed by atoms with Crippen LogP contribution in [0.1, 0.15) is 5.56 Å². The van der Waals surface area contributed by atoms with Crippen molar-refractivity contribution in [1.29, 1.82) is 0 Å². The highest BCUT2D eigenvalue weighted by molar-refractivity contribution is 6.17. The van der Waals surface area contributed by atoms with Crippen molar-refractivity contribution < 1.29 is 4.42 Å². The van der Waals surface area contributed by atoms with Crippen molar-refractivity contribution in [1.82, 2.24) is 4.57 Å². The van der Waals surface area contributed by atoms with Gasteiger partial charge in [0, 0.05) is 38.8 Å². The lowest BCUT2D eigenvalue weighted by Crippen LogP contribution is -2.12. The van der Waals surface area contributed by atoms with Crippen LogP contribution in [0.5, 0.6) is 0 Å². The SMILES string of the molecule is Cc1ccccc1N(c1ccc(-c2ccccc2)c(-c2ccccc2)c1)c1ccc(-c2cccc(-n3c4ccccc4c4ccccc43)c2)c2oc3ccccc3c12. The summed E-state index contributed by atoms with van der Waals surface area (Å²) in [7, 11) is 0. The molecule has 9 aromatic carbocycles. The lowest BCUT2D eigenvalue weighted by molar-refractivity contribution is 0.670. The van der Waals surface area contributed by atoms with E-state index < -0.39 is 0 Å². The van der Waals surface area contributed by atoms with Crippen LogP contribution in [0.25, 0.3) is 82.8 Å². The first-order valence-corrected chi connectivity index (χ1v) is 19.9. The van der Waals surface area contributed by atoms with Crippen LogP contribution in [0.4, 0.5) is 17.1 Å². The third-order valence-corrected chi connectivity index (χ3v) is 11.5. The van der Waals surface area contributed by atoms with Gasteiger partial charge in [0.05, 0.1) is 22.1 Å². The van der Waals surface area contributed by atoms with Crippen LogP contribution in [-0.2, 0) is 0 Å². The summed E-state index contributed by atoms with van der Waals surface area (Å²) in [5.41, 5.74) is 16.5. The largest absolute Gasteiger partial charge is 0.455 e. The molecular formula is C55H38N2O. The number of hydrogen-bond acceptors (Lipinski definition) is 2. The first-order valence-electron chi connectivity index (χ1n) is 19.9. The highest BCUT2D eigenvalue weighted by Crippen LogP contribution is 2.48. The summed E-state index contributed by atoms with van der Waals surface area (Å²) < 4.78 is 9.32. The van der Waals surface area contributed by atoms with Gasteiger partial charge in [0.25, 0.3) is 0 Å². The van der Waals surface area contributed by atoms with Gasteiger partial charge in [-0.2, -0.15) is 0 Å². The molecule has 0 saturated heterocycles. The van der Waals surface area contributed by atoms with Gasteiger partial charge in [-0.3, -0.25) is 0 Å². The van der Waals surface area contributed by atoms with Gasteiger partial charge in [-0.1, -0.05) is 152 Å². The van der Waals surface area contributed by atoms with Crippen molar-refractivity contribution in [3.8, 4) is 39.1 Å². The maximum absolute atomic E-state index is 6.94. The molecule has 0 radical (unpaired) electrons. The van der Waals surface area contributed by atoms with Crippen molar-refractivity contribution in [2.45, 2.75) is 6.92 Å². The Morgan fingerprint density at radius 1 is 0.414 bits per heavy atom. The Kier molecular flexibility index (Phi) is 8.04. The molecule has 0 unspecified atom stereocenters. The van der Waals surface area contributed by atoms with Gasteiger partial charge in [0.15, 0.2) is 0 Å². The molecule has 0 spiro atoms. The van der Waals surface area contributed by atoms with Crippen LogP contribution >= 0.6 is 0 Å². The minimum absolute atomic E-state index is 0.860. The van der Waals surface area contributed by atoms with E-state index in [2.05, 4.69) is 229 Å². The van der Waals surface area contributed by atoms with Gasteiger partial charge in [0.1, 0.15) is 11.2 Å². The highest BCUT2D eigenvalue weighted by atomic mass is 16.3. The summed E-state index contributed by atoms with van der Waals surface area (Å²) in [6, 6.07) is 76.1. The number of para-hydroxylation sites is 4. The zero-order chi connectivity index (χ0) is 38.6. The minimum Gasteiger partial charge on any atom is -0.455 e. The van der Waals surface area contributed by atoms with Gasteiger partial charge < -0.3 is 13.9 Å². The van der Waals surface area contributed by atoms with Crippen LogP contribution < -0.4 is 4.90 Å². The first-order chi connectivity index (χ1) is 28.7. The molecule has 0 N–H and O–H groups in total. The van der Waals surface area contributed by atoms with Crippen LogP contribution in [-0.4, -0.2) is 4.57 Å². The quantitative estimate of drug-likeness (QED) is 0.162. The fraction of sp³-hybridized carbons (Fsp3) is 0.0182. The number of aromatic nitrogens is 1. The molecule has 0 aliphatic carbocycles. The molecule has 0 saturated carbocycles. The van der Waals surface area contributed by atoms with E-state index in [9.17, 15) is 0 Å². The summed E-state index contributed by atoms with van der Waals surface area (Å²) in [4.78, 5) is 2.42. The van der Waals surface area contributed by atoms with E-state index in [4.69, 9.17) is 4.42 Å². The van der Waals surface area contributed by atoms with E-state index >= 15 is 0 Å². The number of aryl methyl sites for hydroxylation is 1. The standard InChI is InChI=1S/C55H38N2O/c1-37-17-8-12-27-49(37)56(42-31-32-43(38-18-4-2-5-19-38)48(36-42)39-20-6-3-7-21-39)52-34-33-44(55-54(52)47-26-11-15-30-53(47)58-55)40-22-16-23-41(35-40)57-50-28-13-9-24-45(50)46-25-10-14-29-51(46)57/h2-36H,1H3. The van der Waals surface area contributed by atoms with Gasteiger partial charge >= 0.3 is 0 Å². The molecule has 0 fully saturated rings. The molecule has 0 bridgehead atoms. The van der Waals surface area contributed by atoms with Crippen molar-refractivity contribution >= 4 is 60.8 Å². The second-order valence-electron chi connectivity index (χ2n) is 14.9. The fourth-order valence-electron chi connectivity index (χ4n) is 8.86. The average Bonchev–Trinajstić information content (AvgIpc) is 3.85. The van der Waals surface area contributed by atoms with E-state index in [0.717, 1.165) is 55.8 Å². The molecule has 274 valence electrons. The Balaban J connectivity index is 1.15. The molecule has 2 aromatic heterocycles. The van der Waals surface area contributed by atoms with Crippen LogP contribution in [0.2, 0.25) is 0 Å². The molecule has 0 aliphatic heterocycles. The Labute approximate surface area is 337 Å². The van der Waals surface area contributed by atoms with Crippen LogP contribution in [0.3, 0.4) is 0 Å². The number of fused-ring (bicyclic) bond motifs is 6. The predicted molar refractivity (Wildman–Crippen MR) is 244 cm³/mol. The molecule has 0 atom stereocenters. The third kappa shape index (κ3) is 5.51. The molecule has 11 rings (SSSR count). The number of hydrogen-bond donors (Lipinski definition) is 0. The molecule has 11 aromatic rings. The zero-order valence-corrected chi connectivity index (χ0v) is 32.0. The second kappa shape index (κ2) is 13.8. The Hall–Kier alpha value is -7.62. The predicted octanol–water partition coefficient (Wildman–Crippen LogP) is 15.5. The maximum Gasteiger partial charge on any atom is 0.145 e. The van der Waals surface area contributed by atoms with Crippen molar-refractivity contribution in [3.05, 3.63) is 218 Å². The summed E-state index contributed by atoms with van der Waals surface area (Å²) in [6.45, 7) is 2.19. The normalized spacial score (nSPS) is 11.5. The highest BCUT2D eigenvalue weighted by Gasteiger charge is 2.24. The van der Waals surface area contributed by atoms with E-state index in [-0.39, 0.29) is 0 Å². The lowest BCUT2D eigenvalue weighted by Gasteiger charge is -2.29. The van der Waals surface area contributed by atoms with Crippen LogP contribution in [0, 0.1) is 6.92 Å². The summed E-state index contributed by atoms with van der Waals surface area (Å²) in [5.74, 6) is 0. The van der Waals surface area contributed by atoms with Crippen LogP contribution in [0.15, 0.2) is 217 Å². The number of rotatable bonds is 7. The summed E-state index contributed by atoms with van der Waals surface area (Å²) in [6.07, 6.45) is 0. The Morgan fingerprint density at radius 2 is 1.00 bits per heavy atom. The number of nitrogens with zero attached hydrogens (tertiary/aromatic N) is 2. The van der Waals surface area contributed by atoms with E-state index in [0.29, 0.717) is 0 Å². The summed E-state index contributed by atoms with van der Waals surface area (Å²) in [5, 5.41) is 4.65.